The van der Waals surface area contributed by atoms with Gasteiger partial charge in [-0.15, -0.1) is 8.78 Å². The molecule has 196 valence electrons. The van der Waals surface area contributed by atoms with E-state index in [0.29, 0.717) is 24.1 Å². The van der Waals surface area contributed by atoms with Gasteiger partial charge >= 0.3 is 6.29 Å². The Bertz CT molecular complexity index is 1410. The van der Waals surface area contributed by atoms with Crippen LogP contribution in [0.15, 0.2) is 42.5 Å². The molecule has 9 heteroatoms. The first-order valence-electron chi connectivity index (χ1n) is 12.2. The molecule has 2 N–H and O–H groups in total. The molecule has 1 aromatic heterocycles. The molecule has 5 rings (SSSR count). The lowest BCUT2D eigenvalue weighted by Gasteiger charge is -2.25. The molecule has 1 saturated carbocycles. The van der Waals surface area contributed by atoms with Crippen molar-refractivity contribution in [1.29, 1.82) is 0 Å². The highest BCUT2D eigenvalue weighted by molar-refractivity contribution is 5.96. The van der Waals surface area contributed by atoms with Crippen LogP contribution in [0.4, 0.5) is 8.78 Å². The molecule has 0 spiro atoms. The molecule has 2 heterocycles. The zero-order valence-electron chi connectivity index (χ0n) is 20.9. The minimum atomic E-state index is -3.71. The van der Waals surface area contributed by atoms with E-state index in [0.717, 1.165) is 16.5 Å². The lowest BCUT2D eigenvalue weighted by atomic mass is 9.85. The fourth-order valence-corrected chi connectivity index (χ4v) is 5.05. The summed E-state index contributed by atoms with van der Waals surface area (Å²) >= 11 is 0. The van der Waals surface area contributed by atoms with E-state index in [1.54, 1.807) is 6.07 Å². The Morgan fingerprint density at radius 3 is 2.43 bits per heavy atom. The van der Waals surface area contributed by atoms with Gasteiger partial charge in [-0.25, -0.2) is 0 Å². The molecule has 1 aliphatic carbocycles. The highest BCUT2D eigenvalue weighted by atomic mass is 19.3. The topological polar surface area (TPSA) is 98.0 Å². The van der Waals surface area contributed by atoms with E-state index in [2.05, 4.69) is 9.47 Å². The number of hydrogen-bond donors (Lipinski definition) is 2. The predicted molar refractivity (Wildman–Crippen MR) is 131 cm³/mol. The van der Waals surface area contributed by atoms with Gasteiger partial charge in [0.2, 0.25) is 0 Å². The van der Waals surface area contributed by atoms with Gasteiger partial charge < -0.3 is 24.3 Å². The van der Waals surface area contributed by atoms with Gasteiger partial charge in [-0.05, 0) is 75.1 Å². The molecule has 0 amide bonds. The van der Waals surface area contributed by atoms with Crippen molar-refractivity contribution in [3.05, 3.63) is 59.3 Å². The molecule has 37 heavy (non-hydrogen) atoms. The van der Waals surface area contributed by atoms with Crippen molar-refractivity contribution in [1.82, 2.24) is 4.57 Å². The Labute approximate surface area is 212 Å². The number of benzene rings is 2. The molecule has 0 unspecified atom stereocenters. The van der Waals surface area contributed by atoms with Crippen LogP contribution in [-0.2, 0) is 33.4 Å². The number of halogens is 2. The molecule has 3 aromatic rings. The summed E-state index contributed by atoms with van der Waals surface area (Å²) in [5.74, 6) is -0.183. The first-order valence-corrected chi connectivity index (χ1v) is 12.2. The zero-order chi connectivity index (χ0) is 26.8. The summed E-state index contributed by atoms with van der Waals surface area (Å²) in [6, 6.07) is 12.0. The second-order valence-corrected chi connectivity index (χ2v) is 10.6. The summed E-state index contributed by atoms with van der Waals surface area (Å²) in [5, 5.41) is 20.3. The lowest BCUT2D eigenvalue weighted by molar-refractivity contribution is -0.286. The summed E-state index contributed by atoms with van der Waals surface area (Å²) in [4.78, 5) is 25.8. The molecular weight excluding hydrogens is 484 g/mol. The Balaban J connectivity index is 1.44. The Hall–Kier alpha value is -3.30. The van der Waals surface area contributed by atoms with Crippen molar-refractivity contribution < 1.29 is 38.1 Å². The Morgan fingerprint density at radius 2 is 1.78 bits per heavy atom. The van der Waals surface area contributed by atoms with Gasteiger partial charge in [0.1, 0.15) is 11.6 Å². The van der Waals surface area contributed by atoms with Crippen LogP contribution in [0.2, 0.25) is 0 Å². The molecule has 7 nitrogen and oxygen atoms in total. The monoisotopic (exact) mass is 513 g/mol. The predicted octanol–water partition coefficient (Wildman–Crippen LogP) is 4.03. The first-order chi connectivity index (χ1) is 17.4. The quantitative estimate of drug-likeness (QED) is 0.449. The molecule has 0 saturated heterocycles. The number of rotatable bonds is 9. The van der Waals surface area contributed by atoms with Crippen LogP contribution < -0.4 is 9.47 Å². The van der Waals surface area contributed by atoms with Crippen molar-refractivity contribution in [2.75, 3.05) is 6.61 Å². The summed E-state index contributed by atoms with van der Waals surface area (Å²) in [7, 11) is 0. The smallest absolute Gasteiger partial charge is 0.395 e. The summed E-state index contributed by atoms with van der Waals surface area (Å²) < 4.78 is 37.7. The summed E-state index contributed by atoms with van der Waals surface area (Å²) in [5.41, 5.74) is 1.34. The number of fused-ring (bicyclic) bond motifs is 2. The molecule has 2 aromatic carbocycles. The molecule has 2 aliphatic rings. The number of aromatic nitrogens is 1. The molecular formula is C28H29F2NO6. The summed E-state index contributed by atoms with van der Waals surface area (Å²) in [6.45, 7) is 4.85. The largest absolute Gasteiger partial charge is 0.586 e. The van der Waals surface area contributed by atoms with Crippen molar-refractivity contribution in [3.8, 4) is 11.5 Å². The number of aliphatic hydroxyl groups excluding tert-OH is 2. The highest BCUT2D eigenvalue weighted by Crippen LogP contribution is 2.52. The van der Waals surface area contributed by atoms with Crippen LogP contribution in [0.1, 0.15) is 50.4 Å². The molecule has 1 fully saturated rings. The number of carbonyl (C=O) groups excluding carboxylic acids is 2. The van der Waals surface area contributed by atoms with E-state index >= 15 is 0 Å². The fraction of sp³-hybridized carbons (Fsp3) is 0.429. The summed E-state index contributed by atoms with van der Waals surface area (Å²) in [6.07, 6.45) is -3.31. The number of Topliss-reactive ketones (excluding diaryl/α,β-unsaturated/α-hetero) is 2. The normalized spacial score (nSPS) is 18.1. The SMILES string of the molecule is CC(=O)C(C)(C)c1cc2cc(CC(=O)C3(c4ccc5c(c4)OC(F)(F)O5)CC3)ccc2n1C[C@@H](O)CO. The second-order valence-electron chi connectivity index (χ2n) is 10.6. The number of nitrogens with zero attached hydrogens (tertiary/aromatic N) is 1. The third-order valence-electron chi connectivity index (χ3n) is 7.69. The minimum Gasteiger partial charge on any atom is -0.395 e. The number of ketones is 2. The van der Waals surface area contributed by atoms with Crippen LogP contribution in [-0.4, -0.2) is 45.4 Å². The fourth-order valence-electron chi connectivity index (χ4n) is 5.05. The maximum Gasteiger partial charge on any atom is 0.586 e. The first kappa shape index (κ1) is 25.4. The van der Waals surface area contributed by atoms with E-state index < -0.39 is 29.8 Å². The van der Waals surface area contributed by atoms with E-state index in [1.165, 1.54) is 19.1 Å². The standard InChI is InChI=1S/C28H29F2NO6/c1-16(33)26(2,3)24-12-18-10-17(4-6-21(18)31(24)14-20(34)15-32)11-25(35)27(8-9-27)19-5-7-22-23(13-19)37-28(29,30)36-22/h4-7,10,12-13,20,32,34H,8-9,11,14-15H2,1-3H3/t20-/m1/s1. The van der Waals surface area contributed by atoms with Crippen LogP contribution in [0.5, 0.6) is 11.5 Å². The second kappa shape index (κ2) is 8.63. The average molecular weight is 514 g/mol. The van der Waals surface area contributed by atoms with Gasteiger partial charge in [-0.1, -0.05) is 12.1 Å². The van der Waals surface area contributed by atoms with Crippen LogP contribution in [0.3, 0.4) is 0 Å². The Morgan fingerprint density at radius 1 is 1.08 bits per heavy atom. The van der Waals surface area contributed by atoms with Crippen LogP contribution >= 0.6 is 0 Å². The van der Waals surface area contributed by atoms with Gasteiger partial charge in [-0.2, -0.15) is 0 Å². The van der Waals surface area contributed by atoms with Crippen molar-refractivity contribution >= 4 is 22.5 Å². The molecule has 0 bridgehead atoms. The van der Waals surface area contributed by atoms with Gasteiger partial charge in [0.25, 0.3) is 0 Å². The van der Waals surface area contributed by atoms with Crippen molar-refractivity contribution in [3.63, 3.8) is 0 Å². The zero-order valence-corrected chi connectivity index (χ0v) is 20.9. The van der Waals surface area contributed by atoms with Crippen LogP contribution in [0, 0.1) is 0 Å². The number of aliphatic hydroxyl groups is 2. The average Bonchev–Trinajstić information content (AvgIpc) is 3.48. The van der Waals surface area contributed by atoms with E-state index in [1.807, 2.05) is 42.7 Å². The van der Waals surface area contributed by atoms with Crippen LogP contribution in [0.25, 0.3) is 10.9 Å². The van der Waals surface area contributed by atoms with Gasteiger partial charge in [0, 0.05) is 23.0 Å². The molecule has 1 atom stereocenters. The number of carbonyl (C=O) groups is 2. The molecule has 0 radical (unpaired) electrons. The maximum atomic E-state index is 13.4. The third-order valence-corrected chi connectivity index (χ3v) is 7.69. The maximum absolute atomic E-state index is 13.4. The van der Waals surface area contributed by atoms with Crippen molar-refractivity contribution in [2.45, 2.75) is 69.8 Å². The minimum absolute atomic E-state index is 0.0168. The van der Waals surface area contributed by atoms with E-state index in [9.17, 15) is 28.6 Å². The van der Waals surface area contributed by atoms with E-state index in [4.69, 9.17) is 0 Å². The van der Waals surface area contributed by atoms with E-state index in [-0.39, 0.29) is 36.0 Å². The highest BCUT2D eigenvalue weighted by Gasteiger charge is 2.52. The Kier molecular flexibility index (Phi) is 5.91. The van der Waals surface area contributed by atoms with Gasteiger partial charge in [-0.3, -0.25) is 9.59 Å². The number of alkyl halides is 2. The van der Waals surface area contributed by atoms with Crippen molar-refractivity contribution in [2.24, 2.45) is 0 Å². The molecule has 1 aliphatic heterocycles. The number of ether oxygens (including phenoxy) is 2. The number of hydrogen-bond acceptors (Lipinski definition) is 6. The van der Waals surface area contributed by atoms with Gasteiger partial charge in [0.05, 0.1) is 30.1 Å². The van der Waals surface area contributed by atoms with Gasteiger partial charge in [0.15, 0.2) is 11.5 Å². The lowest BCUT2D eigenvalue weighted by Crippen LogP contribution is -2.31. The third kappa shape index (κ3) is 4.40.